The van der Waals surface area contributed by atoms with Gasteiger partial charge in [-0.15, -0.1) is 0 Å². The summed E-state index contributed by atoms with van der Waals surface area (Å²) in [7, 11) is 0. The molecule has 1 aliphatic heterocycles. The largest absolute Gasteiger partial charge is 0.369 e. The summed E-state index contributed by atoms with van der Waals surface area (Å²) >= 11 is 3.10. The normalized spacial score (nSPS) is 16.9. The molecule has 1 aromatic rings. The number of Topliss-reactive ketones (excluding diaryl/α,β-unsaturated/α-hetero) is 1. The molecule has 0 atom stereocenters. The number of piperidine rings is 1. The van der Waals surface area contributed by atoms with Crippen molar-refractivity contribution in [1.82, 2.24) is 0 Å². The van der Waals surface area contributed by atoms with E-state index in [1.54, 1.807) is 12.1 Å². The first-order valence-corrected chi connectivity index (χ1v) is 7.37. The van der Waals surface area contributed by atoms with Gasteiger partial charge in [0, 0.05) is 18.7 Å². The first-order chi connectivity index (χ1) is 8.61. The topological polar surface area (TPSA) is 20.3 Å². The monoisotopic (exact) mass is 313 g/mol. The highest BCUT2D eigenvalue weighted by Gasteiger charge is 2.19. The van der Waals surface area contributed by atoms with Gasteiger partial charge in [-0.05, 0) is 37.0 Å². The van der Waals surface area contributed by atoms with Crippen LogP contribution in [0.3, 0.4) is 0 Å². The number of ketones is 1. The first kappa shape index (κ1) is 13.5. The lowest BCUT2D eigenvalue weighted by atomic mass is 9.98. The van der Waals surface area contributed by atoms with Crippen molar-refractivity contribution in [3.8, 4) is 0 Å². The second-order valence-corrected chi connectivity index (χ2v) is 5.45. The number of carbonyl (C=O) groups is 1. The van der Waals surface area contributed by atoms with Crippen LogP contribution in [0.5, 0.6) is 0 Å². The fraction of sp³-hybridized carbons (Fsp3) is 0.500. The van der Waals surface area contributed by atoms with Gasteiger partial charge in [0.2, 0.25) is 0 Å². The van der Waals surface area contributed by atoms with Gasteiger partial charge >= 0.3 is 0 Å². The Balaban J connectivity index is 2.17. The third-order valence-electron chi connectivity index (χ3n) is 3.52. The van der Waals surface area contributed by atoms with Crippen molar-refractivity contribution in [1.29, 1.82) is 0 Å². The zero-order valence-corrected chi connectivity index (χ0v) is 12.0. The van der Waals surface area contributed by atoms with Crippen molar-refractivity contribution in [2.45, 2.75) is 19.8 Å². The summed E-state index contributed by atoms with van der Waals surface area (Å²) in [4.78, 5) is 13.5. The Kier molecular flexibility index (Phi) is 4.38. The summed E-state index contributed by atoms with van der Waals surface area (Å²) in [6, 6.07) is 4.78. The molecule has 4 heteroatoms. The average Bonchev–Trinajstić information content (AvgIpc) is 2.39. The molecule has 98 valence electrons. The van der Waals surface area contributed by atoms with Crippen LogP contribution in [0.15, 0.2) is 18.2 Å². The maximum atomic E-state index is 14.0. The number of anilines is 1. The van der Waals surface area contributed by atoms with Crippen LogP contribution >= 0.6 is 15.9 Å². The molecule has 0 N–H and O–H groups in total. The van der Waals surface area contributed by atoms with Crippen LogP contribution in [0, 0.1) is 11.7 Å². The quantitative estimate of drug-likeness (QED) is 0.627. The summed E-state index contributed by atoms with van der Waals surface area (Å²) < 4.78 is 14.0. The molecule has 0 aromatic heterocycles. The minimum Gasteiger partial charge on any atom is -0.369 e. The Morgan fingerprint density at radius 1 is 1.44 bits per heavy atom. The van der Waals surface area contributed by atoms with Crippen molar-refractivity contribution >= 4 is 27.4 Å². The lowest BCUT2D eigenvalue weighted by Gasteiger charge is -2.32. The lowest BCUT2D eigenvalue weighted by molar-refractivity contribution is 0.102. The van der Waals surface area contributed by atoms with Crippen molar-refractivity contribution < 1.29 is 9.18 Å². The van der Waals surface area contributed by atoms with E-state index in [0.29, 0.717) is 11.3 Å². The van der Waals surface area contributed by atoms with Gasteiger partial charge in [-0.3, -0.25) is 4.79 Å². The number of nitrogens with zero attached hydrogens (tertiary/aromatic N) is 1. The molecule has 1 aromatic carbocycles. The fourth-order valence-corrected chi connectivity index (χ4v) is 2.59. The zero-order valence-electron chi connectivity index (χ0n) is 10.5. The minimum absolute atomic E-state index is 0.0901. The number of hydrogen-bond donors (Lipinski definition) is 0. The molecule has 1 saturated heterocycles. The number of halogens is 2. The second kappa shape index (κ2) is 5.83. The molecule has 0 amide bonds. The van der Waals surface area contributed by atoms with E-state index in [1.165, 1.54) is 6.07 Å². The van der Waals surface area contributed by atoms with Gasteiger partial charge in [0.25, 0.3) is 0 Å². The molecule has 2 rings (SSSR count). The van der Waals surface area contributed by atoms with Gasteiger partial charge in [0.1, 0.15) is 5.82 Å². The van der Waals surface area contributed by atoms with Gasteiger partial charge < -0.3 is 4.90 Å². The van der Waals surface area contributed by atoms with Crippen LogP contribution in [0.2, 0.25) is 0 Å². The van der Waals surface area contributed by atoms with Gasteiger partial charge in [0.15, 0.2) is 5.78 Å². The van der Waals surface area contributed by atoms with Crippen LogP contribution in [-0.4, -0.2) is 24.2 Å². The average molecular weight is 314 g/mol. The fourth-order valence-electron chi connectivity index (χ4n) is 2.26. The lowest BCUT2D eigenvalue weighted by Crippen LogP contribution is -2.33. The maximum absolute atomic E-state index is 14.0. The molecule has 0 saturated carbocycles. The second-order valence-electron chi connectivity index (χ2n) is 4.89. The SMILES string of the molecule is CC1CCN(c2ccc(C(=O)CBr)cc2F)CC1. The highest BCUT2D eigenvalue weighted by molar-refractivity contribution is 9.09. The minimum atomic E-state index is -0.295. The van der Waals surface area contributed by atoms with E-state index in [9.17, 15) is 9.18 Å². The van der Waals surface area contributed by atoms with Gasteiger partial charge in [-0.1, -0.05) is 22.9 Å². The van der Waals surface area contributed by atoms with Crippen LogP contribution in [0.4, 0.5) is 10.1 Å². The van der Waals surface area contributed by atoms with E-state index < -0.39 is 0 Å². The Morgan fingerprint density at radius 2 is 2.11 bits per heavy atom. The Labute approximate surface area is 115 Å². The zero-order chi connectivity index (χ0) is 13.1. The van der Waals surface area contributed by atoms with Crippen molar-refractivity contribution in [3.63, 3.8) is 0 Å². The van der Waals surface area contributed by atoms with E-state index in [-0.39, 0.29) is 16.9 Å². The third kappa shape index (κ3) is 2.91. The van der Waals surface area contributed by atoms with E-state index in [0.717, 1.165) is 31.8 Å². The van der Waals surface area contributed by atoms with Crippen LogP contribution in [0.1, 0.15) is 30.1 Å². The van der Waals surface area contributed by atoms with Gasteiger partial charge in [-0.2, -0.15) is 0 Å². The molecule has 0 aliphatic carbocycles. The number of hydrogen-bond acceptors (Lipinski definition) is 2. The molecule has 18 heavy (non-hydrogen) atoms. The van der Waals surface area contributed by atoms with E-state index >= 15 is 0 Å². The maximum Gasteiger partial charge on any atom is 0.173 e. The number of rotatable bonds is 3. The molecule has 1 aliphatic rings. The van der Waals surface area contributed by atoms with Crippen LogP contribution in [-0.2, 0) is 0 Å². The predicted octanol–water partition coefficient (Wildman–Crippen LogP) is 3.64. The third-order valence-corrected chi connectivity index (χ3v) is 4.02. The molecule has 0 unspecified atom stereocenters. The van der Waals surface area contributed by atoms with Crippen LogP contribution < -0.4 is 4.90 Å². The predicted molar refractivity (Wildman–Crippen MR) is 75.1 cm³/mol. The molecule has 1 fully saturated rings. The van der Waals surface area contributed by atoms with E-state index in [4.69, 9.17) is 0 Å². The van der Waals surface area contributed by atoms with E-state index in [2.05, 4.69) is 27.8 Å². The van der Waals surface area contributed by atoms with Crippen molar-refractivity contribution in [3.05, 3.63) is 29.6 Å². The number of carbonyl (C=O) groups excluding carboxylic acids is 1. The highest BCUT2D eigenvalue weighted by atomic mass is 79.9. The number of alkyl halides is 1. The summed E-state index contributed by atoms with van der Waals surface area (Å²) in [5.41, 5.74) is 1.05. The van der Waals surface area contributed by atoms with Crippen molar-refractivity contribution in [2.75, 3.05) is 23.3 Å². The summed E-state index contributed by atoms with van der Waals surface area (Å²) in [5.74, 6) is 0.336. The molecule has 0 radical (unpaired) electrons. The molecule has 0 spiro atoms. The Bertz CT molecular complexity index is 441. The standard InChI is InChI=1S/C14H17BrFNO/c1-10-4-6-17(7-5-10)13-3-2-11(8-12(13)16)14(18)9-15/h2-3,8,10H,4-7,9H2,1H3. The molecular formula is C14H17BrFNO. The Hall–Kier alpha value is -0.900. The smallest absolute Gasteiger partial charge is 0.173 e. The molecular weight excluding hydrogens is 297 g/mol. The van der Waals surface area contributed by atoms with Crippen molar-refractivity contribution in [2.24, 2.45) is 5.92 Å². The Morgan fingerprint density at radius 3 is 2.67 bits per heavy atom. The van der Waals surface area contributed by atoms with E-state index in [1.807, 2.05) is 0 Å². The first-order valence-electron chi connectivity index (χ1n) is 6.25. The summed E-state index contributed by atoms with van der Waals surface area (Å²) in [6.07, 6.45) is 2.20. The number of benzene rings is 1. The van der Waals surface area contributed by atoms with Crippen LogP contribution in [0.25, 0.3) is 0 Å². The molecule has 0 bridgehead atoms. The summed E-state index contributed by atoms with van der Waals surface area (Å²) in [6.45, 7) is 4.01. The van der Waals surface area contributed by atoms with Gasteiger partial charge in [-0.25, -0.2) is 4.39 Å². The van der Waals surface area contributed by atoms with Gasteiger partial charge in [0.05, 0.1) is 11.0 Å². The molecule has 2 nitrogen and oxygen atoms in total. The highest BCUT2D eigenvalue weighted by Crippen LogP contribution is 2.26. The summed E-state index contributed by atoms with van der Waals surface area (Å²) in [5, 5.41) is 0.229. The molecule has 1 heterocycles.